The van der Waals surface area contributed by atoms with Crippen molar-refractivity contribution >= 4 is 15.7 Å². The lowest BCUT2D eigenvalue weighted by Gasteiger charge is -2.22. The van der Waals surface area contributed by atoms with E-state index in [4.69, 9.17) is 0 Å². The second kappa shape index (κ2) is 6.12. The molecule has 0 unspecified atom stereocenters. The van der Waals surface area contributed by atoms with E-state index in [-0.39, 0.29) is 16.8 Å². The third-order valence-electron chi connectivity index (χ3n) is 3.88. The van der Waals surface area contributed by atoms with Crippen LogP contribution in [0.25, 0.3) is 0 Å². The number of hydrogen-bond acceptors (Lipinski definition) is 4. The lowest BCUT2D eigenvalue weighted by molar-refractivity contribution is 0.0730. The summed E-state index contributed by atoms with van der Waals surface area (Å²) in [6.45, 7) is 0.542. The Morgan fingerprint density at radius 2 is 1.74 bits per heavy atom. The van der Waals surface area contributed by atoms with Crippen LogP contribution < -0.4 is 0 Å². The fourth-order valence-electron chi connectivity index (χ4n) is 2.45. The predicted molar refractivity (Wildman–Crippen MR) is 86.7 cm³/mol. The van der Waals surface area contributed by atoms with Crippen LogP contribution in [0.15, 0.2) is 53.7 Å². The molecule has 1 aromatic heterocycles. The zero-order valence-electron chi connectivity index (χ0n) is 12.8. The summed E-state index contributed by atoms with van der Waals surface area (Å²) in [5.41, 5.74) is 1.55. The van der Waals surface area contributed by atoms with Crippen molar-refractivity contribution in [2.75, 3.05) is 6.26 Å². The molecule has 0 N–H and O–H groups in total. The second-order valence-corrected chi connectivity index (χ2v) is 7.83. The van der Waals surface area contributed by atoms with Gasteiger partial charge in [-0.2, -0.15) is 0 Å². The Morgan fingerprint density at radius 1 is 1.13 bits per heavy atom. The van der Waals surface area contributed by atoms with E-state index in [1.807, 2.05) is 17.0 Å². The molecule has 3 rings (SSSR count). The number of hydrogen-bond donors (Lipinski definition) is 0. The average Bonchev–Trinajstić information content (AvgIpc) is 3.37. The molecule has 120 valence electrons. The van der Waals surface area contributed by atoms with Crippen LogP contribution >= 0.6 is 0 Å². The molecular formula is C17H18N2O3S. The second-order valence-electron chi connectivity index (χ2n) is 5.82. The van der Waals surface area contributed by atoms with Crippen molar-refractivity contribution in [1.29, 1.82) is 0 Å². The molecule has 6 heteroatoms. The summed E-state index contributed by atoms with van der Waals surface area (Å²) in [5, 5.41) is 0. The highest BCUT2D eigenvalue weighted by atomic mass is 32.2. The molecule has 1 heterocycles. The van der Waals surface area contributed by atoms with Crippen molar-refractivity contribution in [1.82, 2.24) is 9.88 Å². The summed E-state index contributed by atoms with van der Waals surface area (Å²) in [7, 11) is -3.25. The van der Waals surface area contributed by atoms with Gasteiger partial charge < -0.3 is 4.90 Å². The lowest BCUT2D eigenvalue weighted by Crippen LogP contribution is -2.32. The molecular weight excluding hydrogens is 312 g/mol. The van der Waals surface area contributed by atoms with Gasteiger partial charge in [0.25, 0.3) is 5.91 Å². The summed E-state index contributed by atoms with van der Waals surface area (Å²) in [6, 6.07) is 10.2. The fourth-order valence-corrected chi connectivity index (χ4v) is 3.08. The Morgan fingerprint density at radius 3 is 2.26 bits per heavy atom. The van der Waals surface area contributed by atoms with E-state index in [0.717, 1.165) is 24.7 Å². The summed E-state index contributed by atoms with van der Waals surface area (Å²) in [5.74, 6) is -0.0654. The molecule has 5 nitrogen and oxygen atoms in total. The number of benzene rings is 1. The maximum absolute atomic E-state index is 12.8. The third kappa shape index (κ3) is 3.76. The molecule has 1 aliphatic rings. The molecule has 1 aliphatic carbocycles. The maximum atomic E-state index is 12.8. The monoisotopic (exact) mass is 330 g/mol. The van der Waals surface area contributed by atoms with Crippen molar-refractivity contribution in [2.45, 2.75) is 30.3 Å². The maximum Gasteiger partial charge on any atom is 0.254 e. The number of nitrogens with zero attached hydrogens (tertiary/aromatic N) is 2. The minimum absolute atomic E-state index is 0.0654. The van der Waals surface area contributed by atoms with E-state index in [2.05, 4.69) is 4.98 Å². The first-order chi connectivity index (χ1) is 10.9. The number of carbonyl (C=O) groups is 1. The quantitative estimate of drug-likeness (QED) is 0.843. The summed E-state index contributed by atoms with van der Waals surface area (Å²) < 4.78 is 23.0. The summed E-state index contributed by atoms with van der Waals surface area (Å²) in [4.78, 5) is 18.8. The molecule has 1 fully saturated rings. The SMILES string of the molecule is CS(=O)(=O)c1ccc(C(=O)N(Cc2ccncc2)C2CC2)cc1. The molecule has 0 aliphatic heterocycles. The van der Waals surface area contributed by atoms with Crippen molar-refractivity contribution in [2.24, 2.45) is 0 Å². The van der Waals surface area contributed by atoms with E-state index < -0.39 is 9.84 Å². The van der Waals surface area contributed by atoms with E-state index in [1.54, 1.807) is 24.5 Å². The first-order valence-electron chi connectivity index (χ1n) is 7.45. The highest BCUT2D eigenvalue weighted by Crippen LogP contribution is 2.30. The van der Waals surface area contributed by atoms with Crippen molar-refractivity contribution in [3.63, 3.8) is 0 Å². The minimum atomic E-state index is -3.25. The largest absolute Gasteiger partial charge is 0.331 e. The van der Waals surface area contributed by atoms with Gasteiger partial charge in [-0.3, -0.25) is 9.78 Å². The Bertz CT molecular complexity index is 797. The lowest BCUT2D eigenvalue weighted by atomic mass is 10.1. The van der Waals surface area contributed by atoms with Gasteiger partial charge in [0.2, 0.25) is 0 Å². The van der Waals surface area contributed by atoms with Crippen LogP contribution in [0.5, 0.6) is 0 Å². The minimum Gasteiger partial charge on any atom is -0.331 e. The zero-order valence-corrected chi connectivity index (χ0v) is 13.7. The van der Waals surface area contributed by atoms with E-state index in [9.17, 15) is 13.2 Å². The smallest absolute Gasteiger partial charge is 0.254 e. The standard InChI is InChI=1S/C17H18N2O3S/c1-23(21,22)16-6-2-14(3-7-16)17(20)19(15-4-5-15)12-13-8-10-18-11-9-13/h2-3,6-11,15H,4-5,12H2,1H3. The Hall–Kier alpha value is -2.21. The molecule has 0 atom stereocenters. The molecule has 0 bridgehead atoms. The van der Waals surface area contributed by atoms with E-state index >= 15 is 0 Å². The molecule has 2 aromatic rings. The van der Waals surface area contributed by atoms with Crippen molar-refractivity contribution in [3.05, 3.63) is 59.9 Å². The Kier molecular flexibility index (Phi) is 4.17. The van der Waals surface area contributed by atoms with E-state index in [0.29, 0.717) is 12.1 Å². The van der Waals surface area contributed by atoms with Gasteiger partial charge in [0.1, 0.15) is 0 Å². The van der Waals surface area contributed by atoms with Gasteiger partial charge in [-0.25, -0.2) is 8.42 Å². The van der Waals surface area contributed by atoms with Gasteiger partial charge in [0.15, 0.2) is 9.84 Å². The van der Waals surface area contributed by atoms with Crippen LogP contribution in [0.4, 0.5) is 0 Å². The average molecular weight is 330 g/mol. The molecule has 1 saturated carbocycles. The number of sulfone groups is 1. The van der Waals surface area contributed by atoms with Gasteiger partial charge in [-0.15, -0.1) is 0 Å². The molecule has 1 aromatic carbocycles. The van der Waals surface area contributed by atoms with Crippen LogP contribution in [-0.2, 0) is 16.4 Å². The number of pyridine rings is 1. The van der Waals surface area contributed by atoms with Gasteiger partial charge in [0, 0.05) is 36.8 Å². The van der Waals surface area contributed by atoms with Gasteiger partial charge in [0.05, 0.1) is 4.90 Å². The van der Waals surface area contributed by atoms with Crippen molar-refractivity contribution < 1.29 is 13.2 Å². The predicted octanol–water partition coefficient (Wildman–Crippen LogP) is 2.29. The van der Waals surface area contributed by atoms with Crippen LogP contribution in [0.1, 0.15) is 28.8 Å². The number of rotatable bonds is 5. The molecule has 0 spiro atoms. The number of carbonyl (C=O) groups excluding carboxylic acids is 1. The highest BCUT2D eigenvalue weighted by molar-refractivity contribution is 7.90. The van der Waals surface area contributed by atoms with Crippen LogP contribution in [-0.4, -0.2) is 36.5 Å². The van der Waals surface area contributed by atoms with Crippen molar-refractivity contribution in [3.8, 4) is 0 Å². The zero-order chi connectivity index (χ0) is 16.4. The topological polar surface area (TPSA) is 67.3 Å². The molecule has 1 amide bonds. The van der Waals surface area contributed by atoms with Crippen LogP contribution in [0.2, 0.25) is 0 Å². The molecule has 23 heavy (non-hydrogen) atoms. The number of amides is 1. The van der Waals surface area contributed by atoms with Crippen LogP contribution in [0, 0.1) is 0 Å². The third-order valence-corrected chi connectivity index (χ3v) is 5.01. The van der Waals surface area contributed by atoms with E-state index in [1.165, 1.54) is 12.1 Å². The highest BCUT2D eigenvalue weighted by Gasteiger charge is 2.33. The summed E-state index contributed by atoms with van der Waals surface area (Å²) >= 11 is 0. The van der Waals surface area contributed by atoms with Gasteiger partial charge in [-0.1, -0.05) is 0 Å². The number of aromatic nitrogens is 1. The van der Waals surface area contributed by atoms with Crippen LogP contribution in [0.3, 0.4) is 0 Å². The fraction of sp³-hybridized carbons (Fsp3) is 0.294. The normalized spacial score (nSPS) is 14.5. The molecule has 0 saturated heterocycles. The Balaban J connectivity index is 1.81. The first kappa shape index (κ1) is 15.7. The van der Waals surface area contributed by atoms with Gasteiger partial charge in [-0.05, 0) is 54.8 Å². The Labute approximate surface area is 135 Å². The van der Waals surface area contributed by atoms with Gasteiger partial charge >= 0.3 is 0 Å². The first-order valence-corrected chi connectivity index (χ1v) is 9.34. The summed E-state index contributed by atoms with van der Waals surface area (Å²) in [6.07, 6.45) is 6.61. The molecule has 0 radical (unpaired) electrons.